The van der Waals surface area contributed by atoms with Crippen LogP contribution in [0, 0.1) is 0 Å². The van der Waals surface area contributed by atoms with Gasteiger partial charge < -0.3 is 5.32 Å². The van der Waals surface area contributed by atoms with Gasteiger partial charge in [0.25, 0.3) is 0 Å². The summed E-state index contributed by atoms with van der Waals surface area (Å²) in [5.74, 6) is -0.407. The maximum Gasteiger partial charge on any atom is 0.244 e. The minimum atomic E-state index is -3.78. The summed E-state index contributed by atoms with van der Waals surface area (Å²) in [5.41, 5.74) is 1.11. The fraction of sp³-hybridized carbons (Fsp3) is 0.316. The lowest BCUT2D eigenvalue weighted by molar-refractivity contribution is -0.122. The molecule has 0 aliphatic rings. The number of nitrogens with one attached hydrogen (secondary N) is 1. The number of carbonyl (C=O) groups is 1. The highest BCUT2D eigenvalue weighted by molar-refractivity contribution is 7.92. The lowest BCUT2D eigenvalue weighted by Gasteiger charge is -2.31. The van der Waals surface area contributed by atoms with Crippen molar-refractivity contribution < 1.29 is 13.2 Å². The standard InChI is InChI=1S/C19H22Cl2N2O3S/c1-4-17(19(24)22-13(2)14-8-6-5-7-9-14)23(27(3,25)26)18-12-15(20)10-11-16(18)21/h5-13,17H,4H2,1-3H3,(H,22,24)/t13-,17-/m1/s1. The maximum atomic E-state index is 12.9. The average molecular weight is 429 g/mol. The average Bonchev–Trinajstić information content (AvgIpc) is 2.61. The van der Waals surface area contributed by atoms with Crippen molar-refractivity contribution in [2.45, 2.75) is 32.4 Å². The number of hydrogen-bond acceptors (Lipinski definition) is 3. The summed E-state index contributed by atoms with van der Waals surface area (Å²) in [5, 5.41) is 3.41. The molecule has 0 radical (unpaired) electrons. The van der Waals surface area contributed by atoms with Crippen LogP contribution in [-0.2, 0) is 14.8 Å². The zero-order valence-electron chi connectivity index (χ0n) is 15.3. The van der Waals surface area contributed by atoms with Gasteiger partial charge in [0.2, 0.25) is 15.9 Å². The third-order valence-corrected chi connectivity index (χ3v) is 5.85. The van der Waals surface area contributed by atoms with E-state index in [1.54, 1.807) is 13.0 Å². The molecule has 0 aliphatic heterocycles. The van der Waals surface area contributed by atoms with Crippen molar-refractivity contribution in [3.63, 3.8) is 0 Å². The van der Waals surface area contributed by atoms with Crippen LogP contribution in [-0.4, -0.2) is 26.6 Å². The van der Waals surface area contributed by atoms with Crippen LogP contribution in [0.15, 0.2) is 48.5 Å². The zero-order chi connectivity index (χ0) is 20.2. The Hall–Kier alpha value is -1.76. The third-order valence-electron chi connectivity index (χ3n) is 4.13. The Labute approximate surface area is 170 Å². The molecule has 0 saturated carbocycles. The summed E-state index contributed by atoms with van der Waals surface area (Å²) in [7, 11) is -3.78. The Morgan fingerprint density at radius 1 is 1.15 bits per heavy atom. The minimum Gasteiger partial charge on any atom is -0.348 e. The van der Waals surface area contributed by atoms with Gasteiger partial charge in [-0.3, -0.25) is 9.10 Å². The number of nitrogens with zero attached hydrogens (tertiary/aromatic N) is 1. The minimum absolute atomic E-state index is 0.182. The first kappa shape index (κ1) is 21.5. The molecule has 2 aromatic rings. The monoisotopic (exact) mass is 428 g/mol. The largest absolute Gasteiger partial charge is 0.348 e. The number of sulfonamides is 1. The topological polar surface area (TPSA) is 66.5 Å². The maximum absolute atomic E-state index is 12.9. The van der Waals surface area contributed by atoms with Gasteiger partial charge in [-0.2, -0.15) is 0 Å². The molecule has 2 aromatic carbocycles. The molecule has 0 aliphatic carbocycles. The van der Waals surface area contributed by atoms with Crippen LogP contribution >= 0.6 is 23.2 Å². The molecule has 0 aromatic heterocycles. The van der Waals surface area contributed by atoms with E-state index in [0.717, 1.165) is 16.1 Å². The normalized spacial score (nSPS) is 13.7. The molecule has 8 heteroatoms. The number of hydrogen-bond donors (Lipinski definition) is 1. The van der Waals surface area contributed by atoms with Crippen molar-refractivity contribution in [3.05, 3.63) is 64.1 Å². The summed E-state index contributed by atoms with van der Waals surface area (Å²) in [6.45, 7) is 3.59. The molecule has 27 heavy (non-hydrogen) atoms. The number of anilines is 1. The van der Waals surface area contributed by atoms with Crippen LogP contribution in [0.1, 0.15) is 31.9 Å². The molecule has 0 fully saturated rings. The Morgan fingerprint density at radius 2 is 1.78 bits per heavy atom. The lowest BCUT2D eigenvalue weighted by Crippen LogP contribution is -2.49. The first-order chi connectivity index (χ1) is 12.6. The highest BCUT2D eigenvalue weighted by atomic mass is 35.5. The summed E-state index contributed by atoms with van der Waals surface area (Å²) in [6, 6.07) is 12.7. The van der Waals surface area contributed by atoms with E-state index in [4.69, 9.17) is 23.2 Å². The van der Waals surface area contributed by atoms with E-state index in [9.17, 15) is 13.2 Å². The highest BCUT2D eigenvalue weighted by Gasteiger charge is 2.33. The van der Waals surface area contributed by atoms with Crippen molar-refractivity contribution >= 4 is 44.8 Å². The van der Waals surface area contributed by atoms with Crippen LogP contribution in [0.2, 0.25) is 10.0 Å². The Balaban J connectivity index is 2.38. The summed E-state index contributed by atoms with van der Waals surface area (Å²) < 4.78 is 26.0. The van der Waals surface area contributed by atoms with E-state index in [-0.39, 0.29) is 23.2 Å². The molecular formula is C19H22Cl2N2O3S. The summed E-state index contributed by atoms with van der Waals surface area (Å²) >= 11 is 12.2. The molecule has 0 heterocycles. The van der Waals surface area contributed by atoms with Crippen molar-refractivity contribution in [1.29, 1.82) is 0 Å². The van der Waals surface area contributed by atoms with Gasteiger partial charge in [-0.15, -0.1) is 0 Å². The van der Waals surface area contributed by atoms with E-state index >= 15 is 0 Å². The van der Waals surface area contributed by atoms with E-state index in [0.29, 0.717) is 5.02 Å². The molecule has 2 atom stereocenters. The highest BCUT2D eigenvalue weighted by Crippen LogP contribution is 2.33. The third kappa shape index (κ3) is 5.37. The molecular weight excluding hydrogens is 407 g/mol. The number of benzene rings is 2. The number of amides is 1. The van der Waals surface area contributed by atoms with E-state index < -0.39 is 22.0 Å². The lowest BCUT2D eigenvalue weighted by atomic mass is 10.1. The van der Waals surface area contributed by atoms with Crippen LogP contribution in [0.5, 0.6) is 0 Å². The van der Waals surface area contributed by atoms with E-state index in [2.05, 4.69) is 5.32 Å². The van der Waals surface area contributed by atoms with Crippen molar-refractivity contribution in [2.24, 2.45) is 0 Å². The molecule has 0 unspecified atom stereocenters. The Kier molecular flexibility index (Phi) is 7.14. The van der Waals surface area contributed by atoms with Crippen molar-refractivity contribution in [3.8, 4) is 0 Å². The molecule has 146 valence electrons. The number of carbonyl (C=O) groups excluding carboxylic acids is 1. The van der Waals surface area contributed by atoms with Crippen LogP contribution in [0.3, 0.4) is 0 Å². The van der Waals surface area contributed by atoms with Crippen LogP contribution < -0.4 is 9.62 Å². The fourth-order valence-electron chi connectivity index (χ4n) is 2.82. The van der Waals surface area contributed by atoms with Gasteiger partial charge in [0.15, 0.2) is 0 Å². The first-order valence-electron chi connectivity index (χ1n) is 8.45. The zero-order valence-corrected chi connectivity index (χ0v) is 17.6. The summed E-state index contributed by atoms with van der Waals surface area (Å²) in [6.07, 6.45) is 1.31. The van der Waals surface area contributed by atoms with Crippen LogP contribution in [0.4, 0.5) is 5.69 Å². The molecule has 0 spiro atoms. The second-order valence-electron chi connectivity index (χ2n) is 6.22. The van der Waals surface area contributed by atoms with E-state index in [1.807, 2.05) is 37.3 Å². The number of halogens is 2. The van der Waals surface area contributed by atoms with Crippen molar-refractivity contribution in [2.75, 3.05) is 10.6 Å². The van der Waals surface area contributed by atoms with Gasteiger partial charge in [0, 0.05) is 5.02 Å². The first-order valence-corrected chi connectivity index (χ1v) is 11.0. The molecule has 0 bridgehead atoms. The predicted molar refractivity (Wildman–Crippen MR) is 111 cm³/mol. The second kappa shape index (κ2) is 8.95. The van der Waals surface area contributed by atoms with E-state index in [1.165, 1.54) is 12.1 Å². The van der Waals surface area contributed by atoms with Crippen LogP contribution in [0.25, 0.3) is 0 Å². The predicted octanol–water partition coefficient (Wildman–Crippen LogP) is 4.42. The molecule has 1 amide bonds. The number of rotatable bonds is 7. The Bertz CT molecular complexity index is 904. The fourth-order valence-corrected chi connectivity index (χ4v) is 4.47. The smallest absolute Gasteiger partial charge is 0.244 e. The van der Waals surface area contributed by atoms with Gasteiger partial charge in [0.05, 0.1) is 23.0 Å². The molecule has 2 rings (SSSR count). The molecule has 1 N–H and O–H groups in total. The molecule has 5 nitrogen and oxygen atoms in total. The quantitative estimate of drug-likeness (QED) is 0.709. The van der Waals surface area contributed by atoms with Gasteiger partial charge in [0.1, 0.15) is 6.04 Å². The second-order valence-corrected chi connectivity index (χ2v) is 8.92. The van der Waals surface area contributed by atoms with Gasteiger partial charge >= 0.3 is 0 Å². The SMILES string of the molecule is CC[C@H](C(=O)N[C@H](C)c1ccccc1)N(c1cc(Cl)ccc1Cl)S(C)(=O)=O. The summed E-state index contributed by atoms with van der Waals surface area (Å²) in [4.78, 5) is 12.9. The molecule has 0 saturated heterocycles. The van der Waals surface area contributed by atoms with Gasteiger partial charge in [-0.1, -0.05) is 60.5 Å². The van der Waals surface area contributed by atoms with Crippen molar-refractivity contribution in [1.82, 2.24) is 5.32 Å². The van der Waals surface area contributed by atoms with Gasteiger partial charge in [-0.05, 0) is 37.1 Å². The van der Waals surface area contributed by atoms with Gasteiger partial charge in [-0.25, -0.2) is 8.42 Å². The Morgan fingerprint density at radius 3 is 2.33 bits per heavy atom.